The Morgan fingerprint density at radius 1 is 1.05 bits per heavy atom. The molecule has 1 atom stereocenters. The Balaban J connectivity index is 2.23. The number of carbonyl (C=O) groups excluding carboxylic acids is 1. The summed E-state index contributed by atoms with van der Waals surface area (Å²) in [6, 6.07) is 18.0. The predicted octanol–water partition coefficient (Wildman–Crippen LogP) is 4.25. The van der Waals surface area contributed by atoms with Crippen LogP contribution in [0.3, 0.4) is 0 Å². The van der Waals surface area contributed by atoms with Crippen molar-refractivity contribution in [3.8, 4) is 0 Å². The standard InChI is InChI=1S/C17H18ClNOS/c1-19(2)16(20)12-21-17(13-6-4-3-5-7-13)14-8-10-15(18)11-9-14/h3-11,17H,12H2,1-2H3. The largest absolute Gasteiger partial charge is 0.348 e. The SMILES string of the molecule is CN(C)C(=O)CSC(c1ccccc1)c1ccc(Cl)cc1. The minimum absolute atomic E-state index is 0.120. The van der Waals surface area contributed by atoms with Gasteiger partial charge in [0.15, 0.2) is 0 Å². The van der Waals surface area contributed by atoms with E-state index in [4.69, 9.17) is 11.6 Å². The maximum atomic E-state index is 11.8. The molecular weight excluding hydrogens is 302 g/mol. The molecule has 2 nitrogen and oxygen atoms in total. The van der Waals surface area contributed by atoms with E-state index in [1.165, 1.54) is 5.56 Å². The summed E-state index contributed by atoms with van der Waals surface area (Å²) in [5.74, 6) is 0.574. The number of carbonyl (C=O) groups is 1. The fourth-order valence-corrected chi connectivity index (χ4v) is 3.33. The number of nitrogens with zero attached hydrogens (tertiary/aromatic N) is 1. The summed E-state index contributed by atoms with van der Waals surface area (Å²) in [5.41, 5.74) is 2.35. The Morgan fingerprint density at radius 3 is 2.19 bits per heavy atom. The van der Waals surface area contributed by atoms with Crippen LogP contribution in [-0.4, -0.2) is 30.7 Å². The van der Waals surface area contributed by atoms with Crippen molar-refractivity contribution < 1.29 is 4.79 Å². The highest BCUT2D eigenvalue weighted by Gasteiger charge is 2.17. The van der Waals surface area contributed by atoms with Gasteiger partial charge in [0.25, 0.3) is 0 Å². The van der Waals surface area contributed by atoms with Crippen LogP contribution in [0.2, 0.25) is 5.02 Å². The second-order valence-electron chi connectivity index (χ2n) is 4.94. The quantitative estimate of drug-likeness (QED) is 0.821. The van der Waals surface area contributed by atoms with Crippen molar-refractivity contribution in [3.05, 3.63) is 70.7 Å². The second-order valence-corrected chi connectivity index (χ2v) is 6.47. The molecule has 0 aliphatic carbocycles. The van der Waals surface area contributed by atoms with E-state index in [1.54, 1.807) is 30.8 Å². The van der Waals surface area contributed by atoms with Gasteiger partial charge in [-0.05, 0) is 23.3 Å². The normalized spacial score (nSPS) is 12.0. The highest BCUT2D eigenvalue weighted by Crippen LogP contribution is 2.36. The smallest absolute Gasteiger partial charge is 0.232 e. The van der Waals surface area contributed by atoms with Crippen molar-refractivity contribution in [1.82, 2.24) is 4.90 Å². The Kier molecular flexibility index (Phi) is 5.71. The van der Waals surface area contributed by atoms with Crippen LogP contribution in [0.15, 0.2) is 54.6 Å². The highest BCUT2D eigenvalue weighted by atomic mass is 35.5. The molecular formula is C17H18ClNOS. The fraction of sp³-hybridized carbons (Fsp3) is 0.235. The Morgan fingerprint density at radius 2 is 1.62 bits per heavy atom. The summed E-state index contributed by atoms with van der Waals surface area (Å²) >= 11 is 7.60. The number of halogens is 1. The van der Waals surface area contributed by atoms with Crippen molar-refractivity contribution in [1.29, 1.82) is 0 Å². The number of amides is 1. The summed E-state index contributed by atoms with van der Waals surface area (Å²) < 4.78 is 0. The molecule has 110 valence electrons. The van der Waals surface area contributed by atoms with Crippen LogP contribution >= 0.6 is 23.4 Å². The van der Waals surface area contributed by atoms with Crippen LogP contribution in [0, 0.1) is 0 Å². The Bertz CT molecular complexity index is 583. The Hall–Kier alpha value is -1.45. The lowest BCUT2D eigenvalue weighted by Gasteiger charge is -2.19. The number of rotatable bonds is 5. The summed E-state index contributed by atoms with van der Waals surface area (Å²) in [6.07, 6.45) is 0. The summed E-state index contributed by atoms with van der Waals surface area (Å²) in [5, 5.41) is 0.854. The summed E-state index contributed by atoms with van der Waals surface area (Å²) in [7, 11) is 3.56. The zero-order chi connectivity index (χ0) is 15.2. The number of hydrogen-bond donors (Lipinski definition) is 0. The Labute approximate surface area is 135 Å². The van der Waals surface area contributed by atoms with Gasteiger partial charge in [0.05, 0.1) is 11.0 Å². The zero-order valence-electron chi connectivity index (χ0n) is 12.1. The van der Waals surface area contributed by atoms with Crippen molar-refractivity contribution in [2.45, 2.75) is 5.25 Å². The van der Waals surface area contributed by atoms with Crippen LogP contribution in [-0.2, 0) is 4.79 Å². The monoisotopic (exact) mass is 319 g/mol. The minimum atomic E-state index is 0.120. The third-order valence-electron chi connectivity index (χ3n) is 3.15. The molecule has 0 bridgehead atoms. The van der Waals surface area contributed by atoms with Gasteiger partial charge in [0.2, 0.25) is 5.91 Å². The van der Waals surface area contributed by atoms with Gasteiger partial charge in [-0.1, -0.05) is 54.1 Å². The first-order valence-corrected chi connectivity index (χ1v) is 8.13. The average Bonchev–Trinajstić information content (AvgIpc) is 2.50. The lowest BCUT2D eigenvalue weighted by Crippen LogP contribution is -2.24. The minimum Gasteiger partial charge on any atom is -0.348 e. The number of thioether (sulfide) groups is 1. The molecule has 0 N–H and O–H groups in total. The third kappa shape index (κ3) is 4.51. The number of benzene rings is 2. The van der Waals surface area contributed by atoms with Crippen LogP contribution in [0.5, 0.6) is 0 Å². The second kappa shape index (κ2) is 7.53. The van der Waals surface area contributed by atoms with Crippen LogP contribution < -0.4 is 0 Å². The van der Waals surface area contributed by atoms with Gasteiger partial charge in [0, 0.05) is 19.1 Å². The maximum Gasteiger partial charge on any atom is 0.232 e. The van der Waals surface area contributed by atoms with Gasteiger partial charge >= 0.3 is 0 Å². The molecule has 0 saturated heterocycles. The highest BCUT2D eigenvalue weighted by molar-refractivity contribution is 8.00. The molecule has 0 saturated carbocycles. The lowest BCUT2D eigenvalue weighted by atomic mass is 10.0. The molecule has 0 fully saturated rings. The van der Waals surface area contributed by atoms with E-state index in [0.717, 1.165) is 10.6 Å². The molecule has 0 aliphatic rings. The van der Waals surface area contributed by atoms with E-state index in [2.05, 4.69) is 12.1 Å². The first-order chi connectivity index (χ1) is 10.1. The van der Waals surface area contributed by atoms with Gasteiger partial charge in [-0.3, -0.25) is 4.79 Å². The van der Waals surface area contributed by atoms with Gasteiger partial charge in [-0.2, -0.15) is 0 Å². The summed E-state index contributed by atoms with van der Waals surface area (Å²) in [6.45, 7) is 0. The van der Waals surface area contributed by atoms with E-state index in [0.29, 0.717) is 5.75 Å². The first-order valence-electron chi connectivity index (χ1n) is 6.70. The lowest BCUT2D eigenvalue weighted by molar-refractivity contribution is -0.125. The van der Waals surface area contributed by atoms with E-state index < -0.39 is 0 Å². The maximum absolute atomic E-state index is 11.8. The van der Waals surface area contributed by atoms with Crippen molar-refractivity contribution in [2.75, 3.05) is 19.8 Å². The van der Waals surface area contributed by atoms with Gasteiger partial charge in [-0.15, -0.1) is 11.8 Å². The van der Waals surface area contributed by atoms with Crippen LogP contribution in [0.4, 0.5) is 0 Å². The predicted molar refractivity (Wildman–Crippen MR) is 90.9 cm³/mol. The molecule has 4 heteroatoms. The molecule has 2 rings (SSSR count). The molecule has 0 aromatic heterocycles. The van der Waals surface area contributed by atoms with Crippen LogP contribution in [0.1, 0.15) is 16.4 Å². The molecule has 2 aromatic rings. The molecule has 0 spiro atoms. The molecule has 21 heavy (non-hydrogen) atoms. The zero-order valence-corrected chi connectivity index (χ0v) is 13.7. The van der Waals surface area contributed by atoms with E-state index >= 15 is 0 Å². The summed E-state index contributed by atoms with van der Waals surface area (Å²) in [4.78, 5) is 13.5. The molecule has 2 aromatic carbocycles. The average molecular weight is 320 g/mol. The third-order valence-corrected chi connectivity index (χ3v) is 4.69. The number of hydrogen-bond acceptors (Lipinski definition) is 2. The van der Waals surface area contributed by atoms with Gasteiger partial charge < -0.3 is 4.90 Å². The van der Waals surface area contributed by atoms with E-state index in [1.807, 2.05) is 42.5 Å². The van der Waals surface area contributed by atoms with Crippen molar-refractivity contribution in [3.63, 3.8) is 0 Å². The van der Waals surface area contributed by atoms with Crippen molar-refractivity contribution >= 4 is 29.3 Å². The van der Waals surface area contributed by atoms with Gasteiger partial charge in [0.1, 0.15) is 0 Å². The van der Waals surface area contributed by atoms with Crippen molar-refractivity contribution in [2.24, 2.45) is 0 Å². The molecule has 1 amide bonds. The van der Waals surface area contributed by atoms with Gasteiger partial charge in [-0.25, -0.2) is 0 Å². The van der Waals surface area contributed by atoms with E-state index in [9.17, 15) is 4.79 Å². The van der Waals surface area contributed by atoms with E-state index in [-0.39, 0.29) is 11.2 Å². The first kappa shape index (κ1) is 15.9. The molecule has 1 unspecified atom stereocenters. The van der Waals surface area contributed by atoms with Crippen LogP contribution in [0.25, 0.3) is 0 Å². The topological polar surface area (TPSA) is 20.3 Å². The molecule has 0 heterocycles. The molecule has 0 radical (unpaired) electrons. The fourth-order valence-electron chi connectivity index (χ4n) is 1.93. The molecule has 0 aliphatic heterocycles.